The number of nitrogens with two attached hydrogens (primary N) is 1. The van der Waals surface area contributed by atoms with Gasteiger partial charge in [0.2, 0.25) is 0 Å². The van der Waals surface area contributed by atoms with Crippen LogP contribution in [-0.4, -0.2) is 23.5 Å². The molecule has 0 heterocycles. The number of nitrogens with zero attached hydrogens (tertiary/aromatic N) is 1. The Hall–Kier alpha value is -0.680. The van der Waals surface area contributed by atoms with Crippen molar-refractivity contribution in [3.05, 3.63) is 34.6 Å². The van der Waals surface area contributed by atoms with Crippen LogP contribution in [-0.2, 0) is 0 Å². The van der Waals surface area contributed by atoms with Crippen molar-refractivity contribution >= 4 is 11.6 Å². The summed E-state index contributed by atoms with van der Waals surface area (Å²) in [6.07, 6.45) is 1.79. The number of hydrogen-bond donors (Lipinski definition) is 2. The van der Waals surface area contributed by atoms with Gasteiger partial charge in [0.15, 0.2) is 0 Å². The summed E-state index contributed by atoms with van der Waals surface area (Å²) in [5.41, 5.74) is 3.40. The van der Waals surface area contributed by atoms with Crippen molar-refractivity contribution in [2.24, 2.45) is 5.84 Å². The fraction of sp³-hybridized carbons (Fsp3) is 0.625. The number of halogens is 2. The van der Waals surface area contributed by atoms with E-state index in [2.05, 4.69) is 38.0 Å². The molecule has 0 aliphatic carbocycles. The van der Waals surface area contributed by atoms with Gasteiger partial charge in [-0.15, -0.1) is 0 Å². The average molecular weight is 316 g/mol. The Kier molecular flexibility index (Phi) is 7.07. The number of likely N-dealkylation sites (N-methyl/N-ethyl adjacent to an activating group) is 1. The highest BCUT2D eigenvalue weighted by molar-refractivity contribution is 6.31. The lowest BCUT2D eigenvalue weighted by Crippen LogP contribution is -2.57. The first-order valence-electron chi connectivity index (χ1n) is 7.66. The van der Waals surface area contributed by atoms with Crippen LogP contribution in [0.15, 0.2) is 18.2 Å². The topological polar surface area (TPSA) is 41.3 Å². The smallest absolute Gasteiger partial charge is 0.123 e. The van der Waals surface area contributed by atoms with Gasteiger partial charge in [-0.25, -0.2) is 4.39 Å². The maximum atomic E-state index is 13.7. The highest BCUT2D eigenvalue weighted by Gasteiger charge is 2.41. The predicted octanol–water partition coefficient (Wildman–Crippen LogP) is 3.88. The van der Waals surface area contributed by atoms with E-state index in [1.54, 1.807) is 6.07 Å². The number of rotatable bonds is 8. The predicted molar refractivity (Wildman–Crippen MR) is 87.7 cm³/mol. The van der Waals surface area contributed by atoms with E-state index in [-0.39, 0.29) is 17.4 Å². The second-order valence-corrected chi connectivity index (χ2v) is 5.66. The van der Waals surface area contributed by atoms with Crippen molar-refractivity contribution in [3.8, 4) is 0 Å². The normalized spacial score (nSPS) is 13.7. The fourth-order valence-corrected chi connectivity index (χ4v) is 3.64. The number of benzene rings is 1. The maximum absolute atomic E-state index is 13.7. The minimum Gasteiger partial charge on any atom is -0.296 e. The molecule has 1 aromatic rings. The summed E-state index contributed by atoms with van der Waals surface area (Å²) in [6, 6.07) is 4.22. The fourth-order valence-electron chi connectivity index (χ4n) is 3.41. The number of hydrogen-bond acceptors (Lipinski definition) is 3. The quantitative estimate of drug-likeness (QED) is 0.565. The molecule has 0 spiro atoms. The summed E-state index contributed by atoms with van der Waals surface area (Å²) in [5.74, 6) is 5.55. The second kappa shape index (κ2) is 8.08. The van der Waals surface area contributed by atoms with Gasteiger partial charge >= 0.3 is 0 Å². The monoisotopic (exact) mass is 315 g/mol. The molecule has 1 rings (SSSR count). The van der Waals surface area contributed by atoms with Crippen LogP contribution < -0.4 is 11.3 Å². The van der Waals surface area contributed by atoms with Gasteiger partial charge in [0.25, 0.3) is 0 Å². The molecule has 1 atom stereocenters. The SMILES string of the molecule is CCN(CC)C(CC)(CC)C(NN)c1cc(F)ccc1Cl. The highest BCUT2D eigenvalue weighted by Crippen LogP contribution is 2.39. The van der Waals surface area contributed by atoms with Crippen LogP contribution in [0.5, 0.6) is 0 Å². The summed E-state index contributed by atoms with van der Waals surface area (Å²) in [4.78, 5) is 2.37. The lowest BCUT2D eigenvalue weighted by atomic mass is 9.79. The average Bonchev–Trinajstić information content (AvgIpc) is 2.50. The standard InChI is InChI=1S/C16H27ClFN3/c1-5-16(6-2,21(7-3)8-4)15(20-19)13-11-12(18)9-10-14(13)17/h9-11,15,20H,5-8,19H2,1-4H3. The lowest BCUT2D eigenvalue weighted by molar-refractivity contribution is 0.0486. The molecule has 0 aliphatic rings. The molecule has 1 aromatic carbocycles. The van der Waals surface area contributed by atoms with Crippen LogP contribution in [0, 0.1) is 5.82 Å². The molecule has 0 amide bonds. The van der Waals surface area contributed by atoms with Crippen molar-refractivity contribution in [1.82, 2.24) is 10.3 Å². The first-order valence-corrected chi connectivity index (χ1v) is 8.04. The first-order chi connectivity index (χ1) is 10.00. The second-order valence-electron chi connectivity index (χ2n) is 5.25. The van der Waals surface area contributed by atoms with Crippen LogP contribution in [0.2, 0.25) is 5.02 Å². The Morgan fingerprint density at radius 1 is 1.24 bits per heavy atom. The molecule has 0 radical (unpaired) electrons. The van der Waals surface area contributed by atoms with Crippen LogP contribution in [0.25, 0.3) is 0 Å². The zero-order valence-corrected chi connectivity index (χ0v) is 14.2. The lowest BCUT2D eigenvalue weighted by Gasteiger charge is -2.48. The molecule has 0 saturated heterocycles. The molecule has 0 aromatic heterocycles. The van der Waals surface area contributed by atoms with E-state index in [0.717, 1.165) is 31.5 Å². The van der Waals surface area contributed by atoms with Crippen LogP contribution in [0.3, 0.4) is 0 Å². The molecule has 0 saturated carbocycles. The van der Waals surface area contributed by atoms with Crippen molar-refractivity contribution in [2.45, 2.75) is 52.1 Å². The Balaban J connectivity index is 3.40. The van der Waals surface area contributed by atoms with Crippen molar-refractivity contribution in [3.63, 3.8) is 0 Å². The van der Waals surface area contributed by atoms with Crippen LogP contribution in [0.4, 0.5) is 4.39 Å². The van der Waals surface area contributed by atoms with Crippen molar-refractivity contribution in [2.75, 3.05) is 13.1 Å². The zero-order chi connectivity index (χ0) is 16.0. The largest absolute Gasteiger partial charge is 0.296 e. The van der Waals surface area contributed by atoms with Gasteiger partial charge in [-0.2, -0.15) is 0 Å². The van der Waals surface area contributed by atoms with E-state index < -0.39 is 0 Å². The molecule has 120 valence electrons. The molecule has 3 N–H and O–H groups in total. The van der Waals surface area contributed by atoms with E-state index in [1.807, 2.05) is 0 Å². The van der Waals surface area contributed by atoms with Crippen molar-refractivity contribution in [1.29, 1.82) is 0 Å². The minimum absolute atomic E-state index is 0.199. The van der Waals surface area contributed by atoms with Gasteiger partial charge < -0.3 is 0 Å². The zero-order valence-electron chi connectivity index (χ0n) is 13.4. The van der Waals surface area contributed by atoms with Crippen LogP contribution in [0.1, 0.15) is 52.1 Å². The third-order valence-electron chi connectivity index (χ3n) is 4.59. The Labute approximate surface area is 132 Å². The van der Waals surface area contributed by atoms with E-state index in [1.165, 1.54) is 12.1 Å². The molecule has 5 heteroatoms. The van der Waals surface area contributed by atoms with Gasteiger partial charge in [0.1, 0.15) is 5.82 Å². The first kappa shape index (κ1) is 18.4. The Morgan fingerprint density at radius 2 is 1.81 bits per heavy atom. The van der Waals surface area contributed by atoms with E-state index >= 15 is 0 Å². The molecular weight excluding hydrogens is 289 g/mol. The summed E-state index contributed by atoms with van der Waals surface area (Å²) in [7, 11) is 0. The molecule has 21 heavy (non-hydrogen) atoms. The molecule has 3 nitrogen and oxygen atoms in total. The third kappa shape index (κ3) is 3.57. The maximum Gasteiger partial charge on any atom is 0.123 e. The summed E-state index contributed by atoms with van der Waals surface area (Å²) >= 11 is 6.30. The summed E-state index contributed by atoms with van der Waals surface area (Å²) in [5, 5.41) is 0.540. The van der Waals surface area contributed by atoms with Crippen LogP contribution >= 0.6 is 11.6 Å². The minimum atomic E-state index is -0.296. The molecule has 1 unspecified atom stereocenters. The van der Waals surface area contributed by atoms with Gasteiger partial charge in [-0.05, 0) is 49.7 Å². The van der Waals surface area contributed by atoms with E-state index in [0.29, 0.717) is 5.02 Å². The molecule has 0 aliphatic heterocycles. The van der Waals surface area contributed by atoms with E-state index in [4.69, 9.17) is 17.4 Å². The van der Waals surface area contributed by atoms with Gasteiger partial charge in [0.05, 0.1) is 6.04 Å². The summed E-state index contributed by atoms with van der Waals surface area (Å²) in [6.45, 7) is 10.3. The van der Waals surface area contributed by atoms with Gasteiger partial charge in [0, 0.05) is 10.6 Å². The summed E-state index contributed by atoms with van der Waals surface area (Å²) < 4.78 is 13.7. The Bertz CT molecular complexity index is 445. The van der Waals surface area contributed by atoms with Gasteiger partial charge in [-0.1, -0.05) is 39.3 Å². The van der Waals surface area contributed by atoms with Gasteiger partial charge in [-0.3, -0.25) is 16.2 Å². The molecule has 0 fully saturated rings. The molecular formula is C16H27ClFN3. The number of nitrogens with one attached hydrogen (secondary N) is 1. The highest BCUT2D eigenvalue weighted by atomic mass is 35.5. The van der Waals surface area contributed by atoms with Crippen molar-refractivity contribution < 1.29 is 4.39 Å². The molecule has 0 bridgehead atoms. The third-order valence-corrected chi connectivity index (χ3v) is 4.93. The Morgan fingerprint density at radius 3 is 2.24 bits per heavy atom. The van der Waals surface area contributed by atoms with E-state index in [9.17, 15) is 4.39 Å². The number of hydrazine groups is 1.